The van der Waals surface area contributed by atoms with Gasteiger partial charge < -0.3 is 20.0 Å². The Morgan fingerprint density at radius 1 is 1.03 bits per heavy atom. The average Bonchev–Trinajstić information content (AvgIpc) is 3.44. The fraction of sp³-hybridized carbons (Fsp3) is 0.476. The molecule has 2 fully saturated rings. The van der Waals surface area contributed by atoms with Gasteiger partial charge in [0.25, 0.3) is 0 Å². The average molecular weight is 513 g/mol. The van der Waals surface area contributed by atoms with E-state index in [9.17, 15) is 4.39 Å². The lowest BCUT2D eigenvalue weighted by molar-refractivity contribution is 0.220. The maximum Gasteiger partial charge on any atom is 0.191 e. The van der Waals surface area contributed by atoms with Crippen molar-refractivity contribution >= 4 is 35.6 Å². The van der Waals surface area contributed by atoms with Crippen molar-refractivity contribution < 1.29 is 8.81 Å². The predicted molar refractivity (Wildman–Crippen MR) is 124 cm³/mol. The van der Waals surface area contributed by atoms with Crippen LogP contribution in [0.2, 0.25) is 0 Å². The minimum Gasteiger partial charge on any atom is -0.468 e. The molecule has 1 atom stereocenters. The van der Waals surface area contributed by atoms with E-state index in [1.807, 2.05) is 24.3 Å². The van der Waals surface area contributed by atoms with Crippen molar-refractivity contribution in [2.45, 2.75) is 18.9 Å². The van der Waals surface area contributed by atoms with Crippen molar-refractivity contribution in [2.75, 3.05) is 50.7 Å². The van der Waals surface area contributed by atoms with Gasteiger partial charge in [0, 0.05) is 31.9 Å². The van der Waals surface area contributed by atoms with E-state index in [2.05, 4.69) is 14.7 Å². The highest BCUT2D eigenvalue weighted by Gasteiger charge is 2.26. The zero-order chi connectivity index (χ0) is 19.3. The summed E-state index contributed by atoms with van der Waals surface area (Å²) in [7, 11) is 0. The number of guanidine groups is 1. The predicted octanol–water partition coefficient (Wildman–Crippen LogP) is 3.31. The fourth-order valence-electron chi connectivity index (χ4n) is 4.05. The number of piperazine rings is 1. The number of furan rings is 1. The Morgan fingerprint density at radius 3 is 2.34 bits per heavy atom. The van der Waals surface area contributed by atoms with Gasteiger partial charge in [-0.25, -0.2) is 4.39 Å². The van der Waals surface area contributed by atoms with Gasteiger partial charge in [0.05, 0.1) is 18.8 Å². The molecule has 1 unspecified atom stereocenters. The molecule has 2 saturated heterocycles. The summed E-state index contributed by atoms with van der Waals surface area (Å²) in [5, 5.41) is 0. The quantitative estimate of drug-likeness (QED) is 0.378. The Kier molecular flexibility index (Phi) is 7.77. The molecule has 0 aliphatic carbocycles. The van der Waals surface area contributed by atoms with Gasteiger partial charge in [0.2, 0.25) is 0 Å². The monoisotopic (exact) mass is 513 g/mol. The second kappa shape index (κ2) is 10.3. The van der Waals surface area contributed by atoms with Crippen molar-refractivity contribution in [3.8, 4) is 0 Å². The smallest absolute Gasteiger partial charge is 0.191 e. The van der Waals surface area contributed by atoms with Crippen molar-refractivity contribution in [1.29, 1.82) is 0 Å². The molecule has 2 N–H and O–H groups in total. The molecular weight excluding hydrogens is 484 g/mol. The van der Waals surface area contributed by atoms with Crippen LogP contribution in [0.1, 0.15) is 24.6 Å². The Morgan fingerprint density at radius 2 is 1.72 bits per heavy atom. The second-order valence-electron chi connectivity index (χ2n) is 7.42. The molecule has 4 rings (SSSR count). The van der Waals surface area contributed by atoms with Crippen LogP contribution in [0.15, 0.2) is 52.1 Å². The molecule has 3 heterocycles. The Balaban J connectivity index is 0.00000240. The number of benzene rings is 1. The third kappa shape index (κ3) is 5.42. The van der Waals surface area contributed by atoms with Crippen LogP contribution >= 0.6 is 24.0 Å². The van der Waals surface area contributed by atoms with E-state index in [0.29, 0.717) is 12.5 Å². The normalized spacial score (nSPS) is 19.3. The summed E-state index contributed by atoms with van der Waals surface area (Å²) in [6.07, 6.45) is 4.17. The van der Waals surface area contributed by atoms with Crippen LogP contribution in [-0.4, -0.2) is 61.6 Å². The van der Waals surface area contributed by atoms with E-state index < -0.39 is 0 Å². The lowest BCUT2D eigenvalue weighted by Crippen LogP contribution is -2.51. The van der Waals surface area contributed by atoms with Gasteiger partial charge in [-0.1, -0.05) is 0 Å². The summed E-state index contributed by atoms with van der Waals surface area (Å²) >= 11 is 0. The molecule has 2 aromatic rings. The standard InChI is InChI=1S/C21H28FN5O.HI/c22-17-5-7-18(8-6-17)25-11-13-27(14-12-25)21(23)24-16-19(20-4-3-15-28-20)26-9-1-2-10-26;/h3-8,15,19H,1-2,9-14,16H2,(H2,23,24);1H. The minimum absolute atomic E-state index is 0. The van der Waals surface area contributed by atoms with Gasteiger partial charge in [-0.05, 0) is 62.3 Å². The van der Waals surface area contributed by atoms with Crippen LogP contribution < -0.4 is 10.6 Å². The summed E-state index contributed by atoms with van der Waals surface area (Å²) in [6.45, 7) is 6.07. The SMILES string of the molecule is I.NC(=NCC(c1ccco1)N1CCCC1)N1CCN(c2ccc(F)cc2)CC1. The molecule has 1 aromatic carbocycles. The first-order valence-electron chi connectivity index (χ1n) is 10.0. The maximum absolute atomic E-state index is 13.1. The van der Waals surface area contributed by atoms with E-state index in [4.69, 9.17) is 15.1 Å². The summed E-state index contributed by atoms with van der Waals surface area (Å²) in [4.78, 5) is 11.5. The third-order valence-electron chi connectivity index (χ3n) is 5.67. The van der Waals surface area contributed by atoms with Gasteiger partial charge in [-0.2, -0.15) is 0 Å². The molecule has 8 heteroatoms. The highest BCUT2D eigenvalue weighted by molar-refractivity contribution is 14.0. The van der Waals surface area contributed by atoms with Gasteiger partial charge in [-0.3, -0.25) is 9.89 Å². The fourth-order valence-corrected chi connectivity index (χ4v) is 4.05. The first-order chi connectivity index (χ1) is 13.7. The molecule has 0 spiro atoms. The van der Waals surface area contributed by atoms with E-state index in [1.165, 1.54) is 25.0 Å². The molecule has 158 valence electrons. The van der Waals surface area contributed by atoms with Gasteiger partial charge in [0.15, 0.2) is 5.96 Å². The zero-order valence-corrected chi connectivity index (χ0v) is 18.9. The molecule has 29 heavy (non-hydrogen) atoms. The summed E-state index contributed by atoms with van der Waals surface area (Å²) in [6, 6.07) is 10.8. The Labute approximate surface area is 188 Å². The highest BCUT2D eigenvalue weighted by Crippen LogP contribution is 2.26. The van der Waals surface area contributed by atoms with E-state index in [1.54, 1.807) is 6.26 Å². The number of nitrogens with zero attached hydrogens (tertiary/aromatic N) is 4. The molecule has 6 nitrogen and oxygen atoms in total. The van der Waals surface area contributed by atoms with Crippen molar-refractivity contribution in [3.05, 3.63) is 54.2 Å². The maximum atomic E-state index is 13.1. The van der Waals surface area contributed by atoms with Crippen LogP contribution in [0.5, 0.6) is 0 Å². The van der Waals surface area contributed by atoms with Crippen LogP contribution in [0.4, 0.5) is 10.1 Å². The summed E-state index contributed by atoms with van der Waals surface area (Å²) in [5.74, 6) is 1.34. The number of likely N-dealkylation sites (tertiary alicyclic amines) is 1. The molecule has 0 saturated carbocycles. The lowest BCUT2D eigenvalue weighted by atomic mass is 10.2. The molecule has 0 amide bonds. The zero-order valence-electron chi connectivity index (χ0n) is 16.5. The number of rotatable bonds is 5. The lowest BCUT2D eigenvalue weighted by Gasteiger charge is -2.36. The first kappa shape index (κ1) is 21.9. The minimum atomic E-state index is -0.206. The highest BCUT2D eigenvalue weighted by atomic mass is 127. The molecule has 0 radical (unpaired) electrons. The third-order valence-corrected chi connectivity index (χ3v) is 5.67. The second-order valence-corrected chi connectivity index (χ2v) is 7.42. The number of aliphatic imine (C=N–C) groups is 1. The van der Waals surface area contributed by atoms with Gasteiger partial charge in [0.1, 0.15) is 11.6 Å². The van der Waals surface area contributed by atoms with Crippen LogP contribution in [0.3, 0.4) is 0 Å². The van der Waals surface area contributed by atoms with Gasteiger partial charge >= 0.3 is 0 Å². The first-order valence-corrected chi connectivity index (χ1v) is 10.0. The molecular formula is C21H29FIN5O. The number of anilines is 1. The Hall–Kier alpha value is -1.81. The van der Waals surface area contributed by atoms with Crippen LogP contribution in [0.25, 0.3) is 0 Å². The van der Waals surface area contributed by atoms with Crippen molar-refractivity contribution in [3.63, 3.8) is 0 Å². The molecule has 2 aliphatic heterocycles. The van der Waals surface area contributed by atoms with E-state index >= 15 is 0 Å². The molecule has 1 aromatic heterocycles. The molecule has 2 aliphatic rings. The van der Waals surface area contributed by atoms with Crippen molar-refractivity contribution in [1.82, 2.24) is 9.80 Å². The number of nitrogens with two attached hydrogens (primary N) is 1. The number of halogens is 2. The van der Waals surface area contributed by atoms with E-state index in [0.717, 1.165) is 50.7 Å². The van der Waals surface area contributed by atoms with Crippen LogP contribution in [0, 0.1) is 5.82 Å². The number of hydrogen-bond donors (Lipinski definition) is 1. The molecule has 0 bridgehead atoms. The van der Waals surface area contributed by atoms with E-state index in [-0.39, 0.29) is 35.8 Å². The van der Waals surface area contributed by atoms with Crippen LogP contribution in [-0.2, 0) is 0 Å². The Bertz CT molecular complexity index is 769. The number of hydrogen-bond acceptors (Lipinski definition) is 4. The van der Waals surface area contributed by atoms with Crippen molar-refractivity contribution in [2.24, 2.45) is 10.7 Å². The largest absolute Gasteiger partial charge is 0.468 e. The summed E-state index contributed by atoms with van der Waals surface area (Å²) in [5.41, 5.74) is 7.36. The summed E-state index contributed by atoms with van der Waals surface area (Å²) < 4.78 is 18.8. The van der Waals surface area contributed by atoms with Gasteiger partial charge in [-0.15, -0.1) is 24.0 Å². The topological polar surface area (TPSA) is 61.2 Å².